The molecule has 4 nitrogen and oxygen atoms in total. The van der Waals surface area contributed by atoms with Gasteiger partial charge >= 0.3 is 0 Å². The Hall–Kier alpha value is -0.870. The number of amides is 1. The molecule has 1 aliphatic heterocycles. The molecule has 14 heavy (non-hydrogen) atoms. The van der Waals surface area contributed by atoms with Crippen LogP contribution in [-0.4, -0.2) is 50.2 Å². The summed E-state index contributed by atoms with van der Waals surface area (Å²) in [5.41, 5.74) is 0. The van der Waals surface area contributed by atoms with Gasteiger partial charge in [0.25, 0.3) is 0 Å². The molecule has 1 heterocycles. The fourth-order valence-corrected chi connectivity index (χ4v) is 1.55. The lowest BCUT2D eigenvalue weighted by molar-refractivity contribution is -0.137. The van der Waals surface area contributed by atoms with Gasteiger partial charge in [-0.2, -0.15) is 0 Å². The predicted octanol–water partition coefficient (Wildman–Crippen LogP) is 0.00930. The van der Waals surface area contributed by atoms with Gasteiger partial charge in [0, 0.05) is 26.1 Å². The molecule has 0 aromatic heterocycles. The van der Waals surface area contributed by atoms with E-state index in [9.17, 15) is 4.79 Å². The van der Waals surface area contributed by atoms with Gasteiger partial charge in [0.05, 0.1) is 12.7 Å². The average Bonchev–Trinajstić information content (AvgIpc) is 2.19. The van der Waals surface area contributed by atoms with Gasteiger partial charge in [0.15, 0.2) is 0 Å². The van der Waals surface area contributed by atoms with Crippen molar-refractivity contribution in [3.8, 4) is 0 Å². The third-order valence-corrected chi connectivity index (χ3v) is 2.24. The lowest BCUT2D eigenvalue weighted by Crippen LogP contribution is -2.48. The quantitative estimate of drug-likeness (QED) is 0.647. The third kappa shape index (κ3) is 3.12. The second-order valence-corrected chi connectivity index (χ2v) is 3.38. The van der Waals surface area contributed by atoms with E-state index in [4.69, 9.17) is 4.74 Å². The van der Waals surface area contributed by atoms with Crippen LogP contribution in [0.3, 0.4) is 0 Å². The van der Waals surface area contributed by atoms with Crippen molar-refractivity contribution in [1.82, 2.24) is 10.2 Å². The van der Waals surface area contributed by atoms with Crippen LogP contribution in [0.15, 0.2) is 12.7 Å². The van der Waals surface area contributed by atoms with Crippen molar-refractivity contribution in [3.05, 3.63) is 12.7 Å². The second kappa shape index (κ2) is 5.78. The van der Waals surface area contributed by atoms with Crippen LogP contribution in [-0.2, 0) is 9.53 Å². The average molecular weight is 198 g/mol. The van der Waals surface area contributed by atoms with Crippen molar-refractivity contribution in [2.24, 2.45) is 0 Å². The van der Waals surface area contributed by atoms with Crippen LogP contribution in [0.4, 0.5) is 0 Å². The summed E-state index contributed by atoms with van der Waals surface area (Å²) in [5.74, 6) is 0.143. The predicted molar refractivity (Wildman–Crippen MR) is 55.1 cm³/mol. The zero-order chi connectivity index (χ0) is 10.4. The molecule has 0 radical (unpaired) electrons. The molecule has 1 N–H and O–H groups in total. The first-order valence-electron chi connectivity index (χ1n) is 4.92. The number of rotatable bonds is 4. The maximum absolute atomic E-state index is 11.5. The number of carbonyl (C=O) groups is 1. The molecule has 0 aromatic carbocycles. The van der Waals surface area contributed by atoms with Crippen LogP contribution >= 0.6 is 0 Å². The molecule has 1 saturated heterocycles. The standard InChI is InChI=1S/C10H18N2O2/c1-3-4-10(13)12-5-6-14-9(8-12)7-11-2/h3,9,11H,1,4-8H2,2H3. The summed E-state index contributed by atoms with van der Waals surface area (Å²) >= 11 is 0. The van der Waals surface area contributed by atoms with Gasteiger partial charge in [-0.05, 0) is 7.05 Å². The van der Waals surface area contributed by atoms with Gasteiger partial charge in [0.2, 0.25) is 5.91 Å². The van der Waals surface area contributed by atoms with Gasteiger partial charge in [-0.25, -0.2) is 0 Å². The summed E-state index contributed by atoms with van der Waals surface area (Å²) in [5, 5.41) is 3.05. The Morgan fingerprint density at radius 3 is 3.21 bits per heavy atom. The van der Waals surface area contributed by atoms with E-state index < -0.39 is 0 Å². The van der Waals surface area contributed by atoms with Crippen LogP contribution in [0.1, 0.15) is 6.42 Å². The van der Waals surface area contributed by atoms with Crippen molar-refractivity contribution < 1.29 is 9.53 Å². The molecule has 0 aromatic rings. The van der Waals surface area contributed by atoms with Crippen LogP contribution in [0.25, 0.3) is 0 Å². The smallest absolute Gasteiger partial charge is 0.226 e. The minimum Gasteiger partial charge on any atom is -0.373 e. The lowest BCUT2D eigenvalue weighted by atomic mass is 10.2. The van der Waals surface area contributed by atoms with E-state index in [-0.39, 0.29) is 12.0 Å². The van der Waals surface area contributed by atoms with E-state index in [2.05, 4.69) is 11.9 Å². The molecule has 1 atom stereocenters. The Kier molecular flexibility index (Phi) is 4.62. The molecule has 0 bridgehead atoms. The fraction of sp³-hybridized carbons (Fsp3) is 0.700. The van der Waals surface area contributed by atoms with E-state index >= 15 is 0 Å². The van der Waals surface area contributed by atoms with E-state index in [0.29, 0.717) is 26.1 Å². The molecule has 1 aliphatic rings. The number of nitrogens with one attached hydrogen (secondary N) is 1. The molecule has 1 rings (SSSR count). The normalized spacial score (nSPS) is 22.1. The zero-order valence-corrected chi connectivity index (χ0v) is 8.66. The molecule has 80 valence electrons. The largest absolute Gasteiger partial charge is 0.373 e. The molecule has 1 fully saturated rings. The van der Waals surface area contributed by atoms with E-state index in [1.165, 1.54) is 0 Å². The van der Waals surface area contributed by atoms with E-state index in [1.54, 1.807) is 6.08 Å². The summed E-state index contributed by atoms with van der Waals surface area (Å²) in [6.45, 7) is 6.37. The van der Waals surface area contributed by atoms with Gasteiger partial charge in [-0.3, -0.25) is 4.79 Å². The highest BCUT2D eigenvalue weighted by Gasteiger charge is 2.22. The van der Waals surface area contributed by atoms with E-state index in [0.717, 1.165) is 6.54 Å². The number of carbonyl (C=O) groups excluding carboxylic acids is 1. The van der Waals surface area contributed by atoms with Gasteiger partial charge in [-0.1, -0.05) is 6.08 Å². The highest BCUT2D eigenvalue weighted by Crippen LogP contribution is 2.06. The molecule has 0 spiro atoms. The van der Waals surface area contributed by atoms with Crippen molar-refractivity contribution in [2.45, 2.75) is 12.5 Å². The maximum atomic E-state index is 11.5. The summed E-state index contributed by atoms with van der Waals surface area (Å²) < 4.78 is 5.49. The minimum atomic E-state index is 0.127. The Balaban J connectivity index is 2.38. The van der Waals surface area contributed by atoms with Gasteiger partial charge in [-0.15, -0.1) is 6.58 Å². The van der Waals surface area contributed by atoms with Crippen molar-refractivity contribution in [1.29, 1.82) is 0 Å². The number of morpholine rings is 1. The van der Waals surface area contributed by atoms with Crippen LogP contribution in [0.5, 0.6) is 0 Å². The Bertz CT molecular complexity index is 204. The first kappa shape index (κ1) is 11.2. The number of hydrogen-bond donors (Lipinski definition) is 1. The molecule has 4 heteroatoms. The van der Waals surface area contributed by atoms with Crippen LogP contribution in [0, 0.1) is 0 Å². The van der Waals surface area contributed by atoms with Crippen molar-refractivity contribution in [2.75, 3.05) is 33.3 Å². The molecule has 0 saturated carbocycles. The second-order valence-electron chi connectivity index (χ2n) is 3.38. The number of likely N-dealkylation sites (N-methyl/N-ethyl adjacent to an activating group) is 1. The van der Waals surface area contributed by atoms with Crippen LogP contribution in [0.2, 0.25) is 0 Å². The highest BCUT2D eigenvalue weighted by atomic mass is 16.5. The van der Waals surface area contributed by atoms with Crippen molar-refractivity contribution in [3.63, 3.8) is 0 Å². The summed E-state index contributed by atoms with van der Waals surface area (Å²) in [7, 11) is 1.88. The van der Waals surface area contributed by atoms with Gasteiger partial charge in [0.1, 0.15) is 0 Å². The SMILES string of the molecule is C=CCC(=O)N1CCOC(CNC)C1. The Labute approximate surface area is 84.9 Å². The van der Waals surface area contributed by atoms with Crippen molar-refractivity contribution >= 4 is 5.91 Å². The molecular weight excluding hydrogens is 180 g/mol. The summed E-state index contributed by atoms with van der Waals surface area (Å²) in [4.78, 5) is 13.4. The van der Waals surface area contributed by atoms with Crippen LogP contribution < -0.4 is 5.32 Å². The summed E-state index contributed by atoms with van der Waals surface area (Å²) in [6.07, 6.45) is 2.19. The first-order chi connectivity index (χ1) is 6.77. The topological polar surface area (TPSA) is 41.6 Å². The Morgan fingerprint density at radius 1 is 1.79 bits per heavy atom. The molecule has 1 amide bonds. The molecular formula is C10H18N2O2. The number of ether oxygens (including phenoxy) is 1. The number of nitrogens with zero attached hydrogens (tertiary/aromatic N) is 1. The van der Waals surface area contributed by atoms with E-state index in [1.807, 2.05) is 11.9 Å². The number of hydrogen-bond acceptors (Lipinski definition) is 3. The zero-order valence-electron chi connectivity index (χ0n) is 8.66. The monoisotopic (exact) mass is 198 g/mol. The van der Waals surface area contributed by atoms with Gasteiger partial charge < -0.3 is 15.0 Å². The maximum Gasteiger partial charge on any atom is 0.226 e. The fourth-order valence-electron chi connectivity index (χ4n) is 1.55. The molecule has 1 unspecified atom stereocenters. The highest BCUT2D eigenvalue weighted by molar-refractivity contribution is 5.77. The summed E-state index contributed by atoms with van der Waals surface area (Å²) in [6, 6.07) is 0. The minimum absolute atomic E-state index is 0.127. The Morgan fingerprint density at radius 2 is 2.57 bits per heavy atom. The lowest BCUT2D eigenvalue weighted by Gasteiger charge is -2.32. The first-order valence-corrected chi connectivity index (χ1v) is 4.92. The molecule has 0 aliphatic carbocycles. The third-order valence-electron chi connectivity index (χ3n) is 2.24.